The third kappa shape index (κ3) is 2.61. The van der Waals surface area contributed by atoms with E-state index in [1.54, 1.807) is 12.1 Å². The van der Waals surface area contributed by atoms with Crippen molar-refractivity contribution in [1.29, 1.82) is 0 Å². The molecule has 0 atom stereocenters. The van der Waals surface area contributed by atoms with Crippen molar-refractivity contribution < 1.29 is 23.9 Å². The molecular weight excluding hydrogens is 324 g/mol. The van der Waals surface area contributed by atoms with Crippen molar-refractivity contribution >= 4 is 34.5 Å². The van der Waals surface area contributed by atoms with Crippen LogP contribution in [0.4, 0.5) is 0 Å². The molecule has 0 N–H and O–H groups in total. The maximum absolute atomic E-state index is 12.3. The zero-order valence-electron chi connectivity index (χ0n) is 14.5. The third-order valence-electron chi connectivity index (χ3n) is 4.14. The highest BCUT2D eigenvalue weighted by Crippen LogP contribution is 2.37. The molecule has 25 heavy (non-hydrogen) atoms. The number of carbonyl (C=O) groups is 3. The highest BCUT2D eigenvalue weighted by Gasteiger charge is 2.30. The van der Waals surface area contributed by atoms with Crippen LogP contribution >= 0.6 is 0 Å². The highest BCUT2D eigenvalue weighted by molar-refractivity contribution is 6.16. The number of aliphatic imine (C=N–C) groups is 1. The van der Waals surface area contributed by atoms with Crippen molar-refractivity contribution in [3.05, 3.63) is 29.0 Å². The number of rotatable bonds is 2. The van der Waals surface area contributed by atoms with Crippen molar-refractivity contribution in [1.82, 2.24) is 4.57 Å². The first kappa shape index (κ1) is 16.9. The molecule has 0 saturated carbocycles. The molecule has 0 spiro atoms. The molecule has 1 aromatic carbocycles. The minimum atomic E-state index is -0.517. The van der Waals surface area contributed by atoms with Crippen LogP contribution in [0.2, 0.25) is 0 Å². The highest BCUT2D eigenvalue weighted by atomic mass is 16.5. The predicted octanol–water partition coefficient (Wildman–Crippen LogP) is 2.38. The SMILES string of the molecule is COc1ccc2c(c3c(n2C(C)=O)C(OC(C)=O)=NCC3)c1C(C)=O. The Balaban J connectivity index is 2.46. The molecule has 1 aliphatic rings. The number of Topliss-reactive ketones (excluding diaryl/α,β-unsaturated/α-hetero) is 1. The fraction of sp³-hybridized carbons (Fsp3) is 0.333. The minimum absolute atomic E-state index is 0.105. The van der Waals surface area contributed by atoms with Gasteiger partial charge in [-0.05, 0) is 31.0 Å². The quantitative estimate of drug-likeness (QED) is 0.618. The Morgan fingerprint density at radius 1 is 1.16 bits per heavy atom. The second-order valence-electron chi connectivity index (χ2n) is 5.81. The second kappa shape index (κ2) is 6.16. The van der Waals surface area contributed by atoms with E-state index in [2.05, 4.69) is 4.99 Å². The summed E-state index contributed by atoms with van der Waals surface area (Å²) in [5.74, 6) is -0.389. The third-order valence-corrected chi connectivity index (χ3v) is 4.14. The zero-order chi connectivity index (χ0) is 18.3. The van der Waals surface area contributed by atoms with Crippen molar-refractivity contribution in [2.24, 2.45) is 4.99 Å². The Morgan fingerprint density at radius 3 is 2.44 bits per heavy atom. The number of ketones is 1. The maximum Gasteiger partial charge on any atom is 0.309 e. The van der Waals surface area contributed by atoms with Crippen molar-refractivity contribution in [2.75, 3.05) is 13.7 Å². The van der Waals surface area contributed by atoms with E-state index in [1.807, 2.05) is 0 Å². The number of fused-ring (bicyclic) bond motifs is 3. The van der Waals surface area contributed by atoms with E-state index < -0.39 is 5.97 Å². The van der Waals surface area contributed by atoms with Gasteiger partial charge in [0.05, 0.1) is 18.2 Å². The molecule has 130 valence electrons. The molecule has 1 aromatic heterocycles. The number of benzene rings is 1. The molecule has 0 fully saturated rings. The van der Waals surface area contributed by atoms with E-state index in [0.717, 1.165) is 5.56 Å². The average Bonchev–Trinajstić information content (AvgIpc) is 2.88. The van der Waals surface area contributed by atoms with Crippen LogP contribution in [-0.4, -0.2) is 41.8 Å². The standard InChI is InChI=1S/C18H18N2O5/c1-9(21)15-14(24-4)6-5-13-16(15)12-7-8-19-18(25-11(3)23)17(12)20(13)10(2)22/h5-6H,7-8H2,1-4H3. The molecular formula is C18H18N2O5. The van der Waals surface area contributed by atoms with Gasteiger partial charge >= 0.3 is 5.97 Å². The molecule has 1 aliphatic heterocycles. The van der Waals surface area contributed by atoms with E-state index in [-0.39, 0.29) is 17.6 Å². The topological polar surface area (TPSA) is 87.0 Å². The predicted molar refractivity (Wildman–Crippen MR) is 91.7 cm³/mol. The van der Waals surface area contributed by atoms with Gasteiger partial charge in [-0.3, -0.25) is 19.0 Å². The van der Waals surface area contributed by atoms with E-state index in [0.29, 0.717) is 40.9 Å². The van der Waals surface area contributed by atoms with Crippen molar-refractivity contribution in [3.63, 3.8) is 0 Å². The van der Waals surface area contributed by atoms with E-state index in [9.17, 15) is 14.4 Å². The second-order valence-corrected chi connectivity index (χ2v) is 5.81. The van der Waals surface area contributed by atoms with Gasteiger partial charge in [0.1, 0.15) is 11.4 Å². The Hall–Kier alpha value is -2.96. The lowest BCUT2D eigenvalue weighted by molar-refractivity contribution is -0.133. The maximum atomic E-state index is 12.3. The number of methoxy groups -OCH3 is 1. The summed E-state index contributed by atoms with van der Waals surface area (Å²) in [6, 6.07) is 3.39. The van der Waals surface area contributed by atoms with Gasteiger partial charge in [-0.1, -0.05) is 0 Å². The Morgan fingerprint density at radius 2 is 1.88 bits per heavy atom. The first-order valence-electron chi connectivity index (χ1n) is 7.86. The summed E-state index contributed by atoms with van der Waals surface area (Å²) < 4.78 is 12.0. The van der Waals surface area contributed by atoms with Crippen LogP contribution in [0, 0.1) is 0 Å². The molecule has 7 heteroatoms. The molecule has 3 rings (SSSR count). The molecule has 7 nitrogen and oxygen atoms in total. The summed E-state index contributed by atoms with van der Waals surface area (Å²) in [5.41, 5.74) is 2.19. The Kier molecular flexibility index (Phi) is 4.16. The van der Waals surface area contributed by atoms with Crippen LogP contribution in [0.1, 0.15) is 47.2 Å². The number of nitrogens with zero attached hydrogens (tertiary/aromatic N) is 2. The summed E-state index contributed by atoms with van der Waals surface area (Å²) in [6.07, 6.45) is 0.532. The first-order chi connectivity index (χ1) is 11.9. The summed E-state index contributed by atoms with van der Waals surface area (Å²) in [4.78, 5) is 40.3. The Labute approximate surface area is 144 Å². The number of aromatic nitrogens is 1. The van der Waals surface area contributed by atoms with Crippen molar-refractivity contribution in [2.45, 2.75) is 27.2 Å². The fourth-order valence-electron chi connectivity index (χ4n) is 3.31. The summed E-state index contributed by atoms with van der Waals surface area (Å²) in [7, 11) is 1.49. The number of hydrogen-bond acceptors (Lipinski definition) is 6. The van der Waals surface area contributed by atoms with Gasteiger partial charge in [-0.15, -0.1) is 0 Å². The number of esters is 1. The molecule has 0 aliphatic carbocycles. The van der Waals surface area contributed by atoms with E-state index >= 15 is 0 Å². The largest absolute Gasteiger partial charge is 0.496 e. The van der Waals surface area contributed by atoms with Crippen LogP contribution in [0.5, 0.6) is 5.75 Å². The van der Waals surface area contributed by atoms with Crippen LogP contribution in [-0.2, 0) is 16.0 Å². The van der Waals surface area contributed by atoms with Gasteiger partial charge < -0.3 is 9.47 Å². The van der Waals surface area contributed by atoms with Gasteiger partial charge in [0.2, 0.25) is 11.8 Å². The molecule has 0 saturated heterocycles. The van der Waals surface area contributed by atoms with Gasteiger partial charge in [0.25, 0.3) is 0 Å². The van der Waals surface area contributed by atoms with Gasteiger partial charge in [0, 0.05) is 25.8 Å². The van der Waals surface area contributed by atoms with Gasteiger partial charge in [-0.2, -0.15) is 0 Å². The van der Waals surface area contributed by atoms with E-state index in [1.165, 1.54) is 32.4 Å². The first-order valence-corrected chi connectivity index (χ1v) is 7.86. The monoisotopic (exact) mass is 342 g/mol. The van der Waals surface area contributed by atoms with Crippen LogP contribution < -0.4 is 4.74 Å². The summed E-state index contributed by atoms with van der Waals surface area (Å²) >= 11 is 0. The summed E-state index contributed by atoms with van der Waals surface area (Å²) in [5, 5.41) is 0.650. The number of ether oxygens (including phenoxy) is 2. The average molecular weight is 342 g/mol. The van der Waals surface area contributed by atoms with E-state index in [4.69, 9.17) is 9.47 Å². The molecule has 0 unspecified atom stereocenters. The fourth-order valence-corrected chi connectivity index (χ4v) is 3.31. The lowest BCUT2D eigenvalue weighted by Gasteiger charge is -2.15. The zero-order valence-corrected chi connectivity index (χ0v) is 14.5. The number of carbonyl (C=O) groups excluding carboxylic acids is 3. The van der Waals surface area contributed by atoms with Gasteiger partial charge in [-0.25, -0.2) is 4.99 Å². The lowest BCUT2D eigenvalue weighted by Crippen LogP contribution is -2.23. The van der Waals surface area contributed by atoms with Crippen LogP contribution in [0.25, 0.3) is 10.9 Å². The van der Waals surface area contributed by atoms with Crippen molar-refractivity contribution in [3.8, 4) is 5.75 Å². The Bertz CT molecular complexity index is 952. The summed E-state index contributed by atoms with van der Waals surface area (Å²) in [6.45, 7) is 4.55. The van der Waals surface area contributed by atoms with Crippen LogP contribution in [0.15, 0.2) is 17.1 Å². The minimum Gasteiger partial charge on any atom is -0.496 e. The molecule has 2 aromatic rings. The van der Waals surface area contributed by atoms with Crippen LogP contribution in [0.3, 0.4) is 0 Å². The smallest absolute Gasteiger partial charge is 0.309 e. The van der Waals surface area contributed by atoms with Gasteiger partial charge in [0.15, 0.2) is 5.78 Å². The lowest BCUT2D eigenvalue weighted by atomic mass is 9.98. The molecule has 2 heterocycles. The number of hydrogen-bond donors (Lipinski definition) is 0. The molecule has 0 bridgehead atoms. The molecule has 0 amide bonds. The normalized spacial score (nSPS) is 13.2. The molecule has 0 radical (unpaired) electrons.